The van der Waals surface area contributed by atoms with E-state index in [4.69, 9.17) is 5.41 Å². The van der Waals surface area contributed by atoms with E-state index in [1.807, 2.05) is 6.92 Å². The number of hydrogen-bond acceptors (Lipinski definition) is 4. The number of urea groups is 1. The Bertz CT molecular complexity index is 734. The predicted octanol–water partition coefficient (Wildman–Crippen LogP) is 4.16. The number of carbonyl (C=O) groups excluding carboxylic acids is 1. The Morgan fingerprint density at radius 3 is 2.18 bits per heavy atom. The molecule has 0 saturated heterocycles. The molecule has 13 heteroatoms. The lowest BCUT2D eigenvalue weighted by molar-refractivity contribution is -0.287. The molecule has 2 amide bonds. The molecule has 158 valence electrons. The van der Waals surface area contributed by atoms with E-state index in [-0.39, 0.29) is 17.2 Å². The average molecular weight is 416 g/mol. The molecule has 0 fully saturated rings. The van der Waals surface area contributed by atoms with Gasteiger partial charge in [0.1, 0.15) is 0 Å². The molecular weight excluding hydrogens is 398 g/mol. The topological polar surface area (TPSA) is 95.5 Å². The lowest BCUT2D eigenvalue weighted by atomic mass is 10.1. The summed E-state index contributed by atoms with van der Waals surface area (Å²) in [5.41, 5.74) is -0.691. The van der Waals surface area contributed by atoms with Gasteiger partial charge in [0.05, 0.1) is 5.69 Å². The van der Waals surface area contributed by atoms with E-state index in [1.165, 1.54) is 6.92 Å². The Labute approximate surface area is 155 Å². The second kappa shape index (κ2) is 8.89. The maximum absolute atomic E-state index is 12.6. The summed E-state index contributed by atoms with van der Waals surface area (Å²) in [6, 6.07) is -0.333. The Morgan fingerprint density at radius 2 is 1.68 bits per heavy atom. The third-order valence-corrected chi connectivity index (χ3v) is 3.15. The SMILES string of the molecule is CCCNC(=N)NC(=O)Nc1c(C)cc(OC(F)(F)F)c(OC(F)(F)F)c1C. The smallest absolute Gasteiger partial charge is 0.402 e. The summed E-state index contributed by atoms with van der Waals surface area (Å²) in [5, 5.41) is 14.3. The van der Waals surface area contributed by atoms with Crippen LogP contribution in [0.2, 0.25) is 0 Å². The number of guanidine groups is 1. The Hall–Kier alpha value is -2.86. The molecule has 0 saturated carbocycles. The molecule has 0 heterocycles. The fourth-order valence-corrected chi connectivity index (χ4v) is 2.12. The molecule has 1 aromatic rings. The van der Waals surface area contributed by atoms with Crippen molar-refractivity contribution in [1.29, 1.82) is 5.41 Å². The largest absolute Gasteiger partial charge is 0.573 e. The maximum atomic E-state index is 12.6. The fraction of sp³-hybridized carbons (Fsp3) is 0.467. The number of anilines is 1. The van der Waals surface area contributed by atoms with Crippen molar-refractivity contribution in [2.75, 3.05) is 11.9 Å². The van der Waals surface area contributed by atoms with Gasteiger partial charge in [-0.3, -0.25) is 10.7 Å². The van der Waals surface area contributed by atoms with Gasteiger partial charge in [-0.15, -0.1) is 26.3 Å². The van der Waals surface area contributed by atoms with Gasteiger partial charge < -0.3 is 20.1 Å². The van der Waals surface area contributed by atoms with E-state index in [0.717, 1.165) is 6.92 Å². The fourth-order valence-electron chi connectivity index (χ4n) is 2.12. The summed E-state index contributed by atoms with van der Waals surface area (Å²) >= 11 is 0. The number of amides is 2. The Balaban J connectivity index is 3.21. The summed E-state index contributed by atoms with van der Waals surface area (Å²) in [7, 11) is 0. The van der Waals surface area contributed by atoms with E-state index >= 15 is 0 Å². The molecule has 0 radical (unpaired) electrons. The van der Waals surface area contributed by atoms with E-state index < -0.39 is 35.8 Å². The van der Waals surface area contributed by atoms with E-state index in [9.17, 15) is 31.1 Å². The molecule has 7 nitrogen and oxygen atoms in total. The highest BCUT2D eigenvalue weighted by Gasteiger charge is 2.38. The number of hydrogen-bond donors (Lipinski definition) is 4. The summed E-state index contributed by atoms with van der Waals surface area (Å²) < 4.78 is 82.7. The van der Waals surface area contributed by atoms with Crippen molar-refractivity contribution in [3.05, 3.63) is 17.2 Å². The van der Waals surface area contributed by atoms with Crippen molar-refractivity contribution < 1.29 is 40.6 Å². The van der Waals surface area contributed by atoms with Gasteiger partial charge in [-0.2, -0.15) is 0 Å². The second-order valence-electron chi connectivity index (χ2n) is 5.50. The molecule has 0 aliphatic heterocycles. The first-order valence-corrected chi connectivity index (χ1v) is 7.79. The van der Waals surface area contributed by atoms with Gasteiger partial charge in [0.25, 0.3) is 0 Å². The lowest BCUT2D eigenvalue weighted by Crippen LogP contribution is -2.42. The molecule has 4 N–H and O–H groups in total. The van der Waals surface area contributed by atoms with Gasteiger partial charge in [-0.1, -0.05) is 6.92 Å². The van der Waals surface area contributed by atoms with Crippen LogP contribution < -0.4 is 25.4 Å². The summed E-state index contributed by atoms with van der Waals surface area (Å²) in [4.78, 5) is 11.9. The highest BCUT2D eigenvalue weighted by atomic mass is 19.4. The molecule has 28 heavy (non-hydrogen) atoms. The van der Waals surface area contributed by atoms with Crippen LogP contribution in [0.3, 0.4) is 0 Å². The number of halogens is 6. The van der Waals surface area contributed by atoms with Crippen LogP contribution in [0, 0.1) is 19.3 Å². The number of rotatable bonds is 5. The summed E-state index contributed by atoms with van der Waals surface area (Å²) in [6.07, 6.45) is -9.88. The van der Waals surface area contributed by atoms with E-state index in [2.05, 4.69) is 25.4 Å². The number of aryl methyl sites for hydroxylation is 1. The number of nitrogens with one attached hydrogen (secondary N) is 4. The van der Waals surface area contributed by atoms with Gasteiger partial charge >= 0.3 is 18.8 Å². The standard InChI is InChI=1S/C15H18F6N4O3/c1-4-5-23-12(22)25-13(26)24-10-7(2)6-9(27-14(16,17)18)11(8(10)3)28-15(19,20)21/h6H,4-5H2,1-3H3,(H4,22,23,24,25,26). The van der Waals surface area contributed by atoms with Gasteiger partial charge in [0, 0.05) is 12.1 Å². The minimum absolute atomic E-state index is 0.0190. The van der Waals surface area contributed by atoms with Crippen molar-refractivity contribution in [3.8, 4) is 11.5 Å². The van der Waals surface area contributed by atoms with Gasteiger partial charge in [0.15, 0.2) is 17.5 Å². The molecule has 0 aliphatic carbocycles. The Morgan fingerprint density at radius 1 is 1.11 bits per heavy atom. The molecule has 0 unspecified atom stereocenters. The van der Waals surface area contributed by atoms with Crippen molar-refractivity contribution in [1.82, 2.24) is 10.6 Å². The summed E-state index contributed by atoms with van der Waals surface area (Å²) in [6.45, 7) is 4.49. The third kappa shape index (κ3) is 7.40. The summed E-state index contributed by atoms with van der Waals surface area (Å²) in [5.74, 6) is -2.81. The lowest BCUT2D eigenvalue weighted by Gasteiger charge is -2.21. The maximum Gasteiger partial charge on any atom is 0.573 e. The predicted molar refractivity (Wildman–Crippen MR) is 87.5 cm³/mol. The third-order valence-electron chi connectivity index (χ3n) is 3.15. The van der Waals surface area contributed by atoms with Crippen LogP contribution in [0.25, 0.3) is 0 Å². The van der Waals surface area contributed by atoms with Crippen LogP contribution in [0.15, 0.2) is 6.07 Å². The highest BCUT2D eigenvalue weighted by molar-refractivity contribution is 6.02. The number of ether oxygens (including phenoxy) is 2. The zero-order valence-electron chi connectivity index (χ0n) is 15.0. The first-order valence-electron chi connectivity index (χ1n) is 7.79. The van der Waals surface area contributed by atoms with Crippen LogP contribution >= 0.6 is 0 Å². The molecule has 0 spiro atoms. The quantitative estimate of drug-likeness (QED) is 0.329. The molecule has 0 atom stereocenters. The van der Waals surface area contributed by atoms with Crippen LogP contribution in [0.4, 0.5) is 36.8 Å². The molecule has 0 aromatic heterocycles. The van der Waals surface area contributed by atoms with Gasteiger partial charge in [-0.05, 0) is 31.9 Å². The number of carbonyl (C=O) groups is 1. The molecule has 0 aliphatic rings. The second-order valence-corrected chi connectivity index (χ2v) is 5.50. The van der Waals surface area contributed by atoms with Gasteiger partial charge in [0.2, 0.25) is 0 Å². The molecular formula is C15H18F6N4O3. The van der Waals surface area contributed by atoms with Crippen molar-refractivity contribution in [3.63, 3.8) is 0 Å². The Kier molecular flexibility index (Phi) is 7.36. The zero-order chi connectivity index (χ0) is 21.7. The number of alkyl halides is 6. The van der Waals surface area contributed by atoms with Crippen LogP contribution in [-0.4, -0.2) is 31.3 Å². The van der Waals surface area contributed by atoms with E-state index in [1.54, 1.807) is 0 Å². The molecule has 1 rings (SSSR count). The van der Waals surface area contributed by atoms with E-state index in [0.29, 0.717) is 19.0 Å². The monoisotopic (exact) mass is 416 g/mol. The van der Waals surface area contributed by atoms with Crippen LogP contribution in [-0.2, 0) is 0 Å². The molecule has 1 aromatic carbocycles. The average Bonchev–Trinajstić information content (AvgIpc) is 2.51. The van der Waals surface area contributed by atoms with Crippen molar-refractivity contribution >= 4 is 17.7 Å². The molecule has 0 bridgehead atoms. The zero-order valence-corrected chi connectivity index (χ0v) is 15.0. The van der Waals surface area contributed by atoms with Crippen molar-refractivity contribution in [2.45, 2.75) is 39.9 Å². The minimum atomic E-state index is -5.30. The van der Waals surface area contributed by atoms with Crippen molar-refractivity contribution in [2.24, 2.45) is 0 Å². The minimum Gasteiger partial charge on any atom is -0.402 e. The van der Waals surface area contributed by atoms with Gasteiger partial charge in [-0.25, -0.2) is 4.79 Å². The van der Waals surface area contributed by atoms with Crippen LogP contribution in [0.5, 0.6) is 11.5 Å². The normalized spacial score (nSPS) is 11.6. The first-order chi connectivity index (χ1) is 12.7. The van der Waals surface area contributed by atoms with Crippen LogP contribution in [0.1, 0.15) is 24.5 Å². The number of benzene rings is 1. The first kappa shape index (κ1) is 23.2. The highest BCUT2D eigenvalue weighted by Crippen LogP contribution is 2.43.